The minimum atomic E-state index is -1.22. The molecule has 0 spiro atoms. The van der Waals surface area contributed by atoms with Gasteiger partial charge in [-0.15, -0.1) is 0 Å². The maximum atomic E-state index is 11.0. The van der Waals surface area contributed by atoms with Gasteiger partial charge in [-0.25, -0.2) is 0 Å². The lowest BCUT2D eigenvalue weighted by Crippen LogP contribution is -2.31. The summed E-state index contributed by atoms with van der Waals surface area (Å²) in [4.78, 5) is 20.2. The Bertz CT molecular complexity index is 422. The van der Waals surface area contributed by atoms with Crippen molar-refractivity contribution in [1.82, 2.24) is 10.5 Å². The van der Waals surface area contributed by atoms with E-state index in [9.17, 15) is 14.9 Å². The highest BCUT2D eigenvalue weighted by atomic mass is 16.8. The van der Waals surface area contributed by atoms with Gasteiger partial charge in [0.15, 0.2) is 0 Å². The van der Waals surface area contributed by atoms with Crippen molar-refractivity contribution in [2.24, 2.45) is 0 Å². The lowest BCUT2D eigenvalue weighted by atomic mass is 10.1. The highest BCUT2D eigenvalue weighted by molar-refractivity contribution is 5.92. The molecular weight excluding hydrogens is 222 g/mol. The van der Waals surface area contributed by atoms with Crippen molar-refractivity contribution >= 4 is 5.91 Å². The van der Waals surface area contributed by atoms with E-state index >= 15 is 0 Å². The van der Waals surface area contributed by atoms with Gasteiger partial charge < -0.3 is 10.4 Å². The molecule has 0 aromatic carbocycles. The van der Waals surface area contributed by atoms with E-state index in [1.54, 1.807) is 0 Å². The number of aliphatic hydroxyl groups excluding tert-OH is 1. The van der Waals surface area contributed by atoms with Crippen molar-refractivity contribution in [1.29, 1.82) is 0 Å². The van der Waals surface area contributed by atoms with Crippen molar-refractivity contribution in [2.75, 3.05) is 0 Å². The third kappa shape index (κ3) is 2.34. The summed E-state index contributed by atoms with van der Waals surface area (Å²) in [6, 6.07) is 0. The molecule has 0 radical (unpaired) electrons. The number of rotatable bonds is 2. The number of amides is 1. The van der Waals surface area contributed by atoms with Crippen LogP contribution in [-0.2, 0) is 4.79 Å². The predicted molar refractivity (Wildman–Crippen MR) is 47.4 cm³/mol. The van der Waals surface area contributed by atoms with Crippen LogP contribution in [0.2, 0.25) is 0 Å². The number of carbonyl (C=O) groups excluding carboxylic acids is 1. The second-order valence-electron chi connectivity index (χ2n) is 2.67. The number of nitrogens with zero attached hydrogens (tertiary/aromatic N) is 2. The van der Waals surface area contributed by atoms with Gasteiger partial charge in [0, 0.05) is 6.20 Å². The Kier molecular flexibility index (Phi) is 3.23. The molecule has 4 N–H and O–H groups in total. The molecule has 1 aliphatic heterocycles. The fourth-order valence-electron chi connectivity index (χ4n) is 0.942. The lowest BCUT2D eigenvalue weighted by molar-refractivity contribution is -0.459. The summed E-state index contributed by atoms with van der Waals surface area (Å²) in [5.74, 6) is -2.37. The molecule has 0 saturated heterocycles. The van der Waals surface area contributed by atoms with E-state index in [0.717, 1.165) is 18.4 Å². The fourth-order valence-corrected chi connectivity index (χ4v) is 0.942. The van der Waals surface area contributed by atoms with Crippen LogP contribution in [0.4, 0.5) is 0 Å². The van der Waals surface area contributed by atoms with Gasteiger partial charge in [0.2, 0.25) is 0 Å². The SMILES string of the molecule is O=C(C1=CC(=C(O)[N+](=O)[O-])C=CN1)N(O)O. The summed E-state index contributed by atoms with van der Waals surface area (Å²) in [6.07, 6.45) is 3.18. The van der Waals surface area contributed by atoms with Crippen molar-refractivity contribution in [2.45, 2.75) is 0 Å². The van der Waals surface area contributed by atoms with Gasteiger partial charge in [-0.05, 0) is 12.2 Å². The van der Waals surface area contributed by atoms with Gasteiger partial charge >= 0.3 is 11.8 Å². The maximum Gasteiger partial charge on any atom is 0.433 e. The minimum absolute atomic E-state index is 0.242. The zero-order valence-electron chi connectivity index (χ0n) is 7.69. The number of hydrogen-bond donors (Lipinski definition) is 4. The third-order valence-corrected chi connectivity index (χ3v) is 1.64. The Labute approximate surface area is 88.3 Å². The number of dihydropyridines is 1. The number of nitrogens with one attached hydrogen (secondary N) is 1. The molecule has 0 bridgehead atoms. The van der Waals surface area contributed by atoms with Gasteiger partial charge in [-0.2, -0.15) is 0 Å². The minimum Gasteiger partial charge on any atom is -0.456 e. The first kappa shape index (κ1) is 11.7. The summed E-state index contributed by atoms with van der Waals surface area (Å²) in [5, 5.41) is 37.7. The molecule has 0 aromatic rings. The van der Waals surface area contributed by atoms with E-state index < -0.39 is 21.9 Å². The summed E-state index contributed by atoms with van der Waals surface area (Å²) >= 11 is 0. The molecule has 0 fully saturated rings. The molecule has 0 aliphatic carbocycles. The van der Waals surface area contributed by atoms with E-state index in [4.69, 9.17) is 15.5 Å². The Morgan fingerprint density at radius 3 is 2.62 bits per heavy atom. The molecule has 1 aliphatic rings. The molecule has 9 nitrogen and oxygen atoms in total. The highest BCUT2D eigenvalue weighted by Crippen LogP contribution is 2.13. The zero-order chi connectivity index (χ0) is 12.3. The van der Waals surface area contributed by atoms with Gasteiger partial charge in [-0.1, -0.05) is 5.23 Å². The van der Waals surface area contributed by atoms with Gasteiger partial charge in [-0.3, -0.25) is 25.3 Å². The molecule has 1 amide bonds. The lowest BCUT2D eigenvalue weighted by Gasteiger charge is -2.12. The van der Waals surface area contributed by atoms with Crippen molar-refractivity contribution < 1.29 is 25.2 Å². The van der Waals surface area contributed by atoms with E-state index in [2.05, 4.69) is 5.32 Å². The second kappa shape index (κ2) is 4.42. The van der Waals surface area contributed by atoms with Crippen LogP contribution >= 0.6 is 0 Å². The fraction of sp³-hybridized carbons (Fsp3) is 0. The molecular formula is C7H7N3O6. The standard InChI is InChI=1S/C7H7N3O6/c11-6(9(13)14)4-1-2-8-5(3-4)7(12)10(15)16/h1-3,8,11,15-16H. The van der Waals surface area contributed by atoms with Gasteiger partial charge in [0.25, 0.3) is 0 Å². The van der Waals surface area contributed by atoms with Crippen LogP contribution in [0.1, 0.15) is 0 Å². The average Bonchev–Trinajstić information content (AvgIpc) is 2.26. The summed E-state index contributed by atoms with van der Waals surface area (Å²) < 4.78 is 0. The van der Waals surface area contributed by atoms with Crippen LogP contribution in [0.25, 0.3) is 0 Å². The third-order valence-electron chi connectivity index (χ3n) is 1.64. The number of nitro groups is 1. The molecule has 9 heteroatoms. The Balaban J connectivity index is 3.06. The quantitative estimate of drug-likeness (QED) is 0.219. The molecule has 86 valence electrons. The molecule has 0 atom stereocenters. The maximum absolute atomic E-state index is 11.0. The van der Waals surface area contributed by atoms with E-state index in [1.165, 1.54) is 0 Å². The van der Waals surface area contributed by atoms with Crippen LogP contribution in [0.15, 0.2) is 35.5 Å². The largest absolute Gasteiger partial charge is 0.456 e. The monoisotopic (exact) mass is 229 g/mol. The Morgan fingerprint density at radius 2 is 2.12 bits per heavy atom. The van der Waals surface area contributed by atoms with E-state index in [1.807, 2.05) is 0 Å². The summed E-state index contributed by atoms with van der Waals surface area (Å²) in [5.41, 5.74) is -0.579. The van der Waals surface area contributed by atoms with Crippen LogP contribution in [0.3, 0.4) is 0 Å². The Morgan fingerprint density at radius 1 is 1.50 bits per heavy atom. The Hall–Kier alpha value is -2.39. The van der Waals surface area contributed by atoms with Crippen LogP contribution < -0.4 is 5.32 Å². The molecule has 0 unspecified atom stereocenters. The normalized spacial score (nSPS) is 17.2. The van der Waals surface area contributed by atoms with Crippen molar-refractivity contribution in [3.63, 3.8) is 0 Å². The number of aliphatic hydroxyl groups is 1. The smallest absolute Gasteiger partial charge is 0.433 e. The number of hydrogen-bond acceptors (Lipinski definition) is 7. The molecule has 0 aromatic heterocycles. The number of allylic oxidation sites excluding steroid dienone is 3. The topological polar surface area (TPSA) is 136 Å². The molecule has 1 rings (SSSR count). The van der Waals surface area contributed by atoms with E-state index in [0.29, 0.717) is 0 Å². The first-order chi connectivity index (χ1) is 7.43. The summed E-state index contributed by atoms with van der Waals surface area (Å²) in [6.45, 7) is 0. The van der Waals surface area contributed by atoms with Gasteiger partial charge in [0.05, 0.1) is 5.57 Å². The van der Waals surface area contributed by atoms with Crippen LogP contribution in [0, 0.1) is 10.1 Å². The zero-order valence-corrected chi connectivity index (χ0v) is 7.69. The number of hydroxylamine groups is 2. The highest BCUT2D eigenvalue weighted by Gasteiger charge is 2.21. The van der Waals surface area contributed by atoms with Crippen LogP contribution in [0.5, 0.6) is 0 Å². The first-order valence-corrected chi connectivity index (χ1v) is 3.88. The first-order valence-electron chi connectivity index (χ1n) is 3.88. The molecule has 0 saturated carbocycles. The van der Waals surface area contributed by atoms with Gasteiger partial charge in [0.1, 0.15) is 10.6 Å². The molecule has 16 heavy (non-hydrogen) atoms. The van der Waals surface area contributed by atoms with Crippen LogP contribution in [-0.4, -0.2) is 31.6 Å². The van der Waals surface area contributed by atoms with E-state index in [-0.39, 0.29) is 11.3 Å². The molecule has 1 heterocycles. The number of carbonyl (C=O) groups is 1. The van der Waals surface area contributed by atoms with Crippen molar-refractivity contribution in [3.05, 3.63) is 45.6 Å². The van der Waals surface area contributed by atoms with Crippen molar-refractivity contribution in [3.8, 4) is 0 Å². The summed E-state index contributed by atoms with van der Waals surface area (Å²) in [7, 11) is 0. The predicted octanol–water partition coefficient (Wildman–Crippen LogP) is -0.360. The average molecular weight is 229 g/mol. The second-order valence-corrected chi connectivity index (χ2v) is 2.67.